The van der Waals surface area contributed by atoms with Gasteiger partial charge in [-0.15, -0.1) is 0 Å². The summed E-state index contributed by atoms with van der Waals surface area (Å²) in [5, 5.41) is 2.92. The van der Waals surface area contributed by atoms with E-state index < -0.39 is 0 Å². The number of nitrogens with one attached hydrogen (secondary N) is 1. The van der Waals surface area contributed by atoms with E-state index in [0.29, 0.717) is 11.7 Å². The number of hydrogen-bond acceptors (Lipinski definition) is 4. The van der Waals surface area contributed by atoms with Gasteiger partial charge < -0.3 is 16.8 Å². The molecule has 0 radical (unpaired) electrons. The lowest BCUT2D eigenvalue weighted by atomic mass is 9.98. The van der Waals surface area contributed by atoms with Crippen LogP contribution in [0.15, 0.2) is 75.8 Å². The highest BCUT2D eigenvalue weighted by Crippen LogP contribution is 2.22. The molecule has 0 saturated carbocycles. The van der Waals surface area contributed by atoms with Crippen LogP contribution in [-0.2, 0) is 0 Å². The van der Waals surface area contributed by atoms with Gasteiger partial charge in [-0.1, -0.05) is 36.9 Å². The quantitative estimate of drug-likeness (QED) is 0.787. The average molecular weight is 281 g/mol. The predicted octanol–water partition coefficient (Wildman–Crippen LogP) is 1.65. The summed E-state index contributed by atoms with van der Waals surface area (Å²) in [7, 11) is 1.75. The Bertz CT molecular complexity index is 678. The number of nitrogens with two attached hydrogens (primary N) is 2. The molecule has 1 aromatic rings. The summed E-state index contributed by atoms with van der Waals surface area (Å²) in [6.07, 6.45) is 1.98. The maximum absolute atomic E-state index is 6.00. The lowest BCUT2D eigenvalue weighted by molar-refractivity contribution is 0.949. The van der Waals surface area contributed by atoms with Crippen LogP contribution in [0.1, 0.15) is 12.5 Å². The number of benzene rings is 1. The summed E-state index contributed by atoms with van der Waals surface area (Å²) in [4.78, 5) is 8.77. The molecular weight excluding hydrogens is 262 g/mol. The van der Waals surface area contributed by atoms with Crippen LogP contribution in [0.4, 0.5) is 0 Å². The van der Waals surface area contributed by atoms with E-state index in [0.717, 1.165) is 22.4 Å². The van der Waals surface area contributed by atoms with E-state index in [-0.39, 0.29) is 5.82 Å². The van der Waals surface area contributed by atoms with Crippen LogP contribution >= 0.6 is 0 Å². The van der Waals surface area contributed by atoms with Gasteiger partial charge in [0.2, 0.25) is 0 Å². The fourth-order valence-electron chi connectivity index (χ4n) is 2.09. The number of allylic oxidation sites excluding steroid dienone is 1. The third kappa shape index (κ3) is 3.20. The molecule has 108 valence electrons. The van der Waals surface area contributed by atoms with E-state index in [2.05, 4.69) is 21.9 Å². The molecule has 21 heavy (non-hydrogen) atoms. The molecule has 0 atom stereocenters. The Kier molecular flexibility index (Phi) is 4.23. The Morgan fingerprint density at radius 1 is 1.24 bits per heavy atom. The third-order valence-electron chi connectivity index (χ3n) is 3.06. The van der Waals surface area contributed by atoms with E-state index >= 15 is 0 Å². The molecule has 5 nitrogen and oxygen atoms in total. The van der Waals surface area contributed by atoms with Crippen molar-refractivity contribution in [2.75, 3.05) is 7.05 Å². The van der Waals surface area contributed by atoms with Crippen molar-refractivity contribution in [1.29, 1.82) is 0 Å². The first-order valence-electron chi connectivity index (χ1n) is 6.56. The first-order chi connectivity index (χ1) is 10.0. The summed E-state index contributed by atoms with van der Waals surface area (Å²) in [6, 6.07) is 9.88. The van der Waals surface area contributed by atoms with Crippen LogP contribution < -0.4 is 16.8 Å². The molecule has 0 fully saturated rings. The SMILES string of the molecule is C=C(N)/N=C1/N=C(c2ccccc2)C=C(C)/C1=C(/N)NC. The van der Waals surface area contributed by atoms with Crippen molar-refractivity contribution in [1.82, 2.24) is 5.32 Å². The lowest BCUT2D eigenvalue weighted by Crippen LogP contribution is -2.24. The molecule has 1 aromatic carbocycles. The summed E-state index contributed by atoms with van der Waals surface area (Å²) < 4.78 is 0. The first-order valence-corrected chi connectivity index (χ1v) is 6.56. The van der Waals surface area contributed by atoms with Gasteiger partial charge in [0.05, 0.1) is 11.3 Å². The van der Waals surface area contributed by atoms with Crippen molar-refractivity contribution in [3.8, 4) is 0 Å². The molecular formula is C16H19N5. The second-order valence-corrected chi connectivity index (χ2v) is 4.66. The molecule has 0 unspecified atom stereocenters. The van der Waals surface area contributed by atoms with Crippen LogP contribution in [0.25, 0.3) is 0 Å². The minimum absolute atomic E-state index is 0.192. The minimum Gasteiger partial charge on any atom is -0.385 e. The summed E-state index contributed by atoms with van der Waals surface area (Å²) in [5.74, 6) is 1.16. The fraction of sp³-hybridized carbons (Fsp3) is 0.125. The molecule has 0 spiro atoms. The maximum Gasteiger partial charge on any atom is 0.165 e. The lowest BCUT2D eigenvalue weighted by Gasteiger charge is -2.18. The molecule has 0 amide bonds. The Morgan fingerprint density at radius 2 is 1.90 bits per heavy atom. The van der Waals surface area contributed by atoms with Crippen molar-refractivity contribution in [2.24, 2.45) is 21.5 Å². The molecule has 5 N–H and O–H groups in total. The van der Waals surface area contributed by atoms with Gasteiger partial charge in [0.25, 0.3) is 0 Å². The fourth-order valence-corrected chi connectivity index (χ4v) is 2.09. The zero-order valence-corrected chi connectivity index (χ0v) is 12.2. The second-order valence-electron chi connectivity index (χ2n) is 4.66. The molecule has 2 rings (SSSR count). The normalized spacial score (nSPS) is 18.9. The van der Waals surface area contributed by atoms with Crippen LogP contribution in [-0.4, -0.2) is 18.6 Å². The van der Waals surface area contributed by atoms with Crippen LogP contribution in [0.5, 0.6) is 0 Å². The van der Waals surface area contributed by atoms with E-state index in [9.17, 15) is 0 Å². The Hall–Kier alpha value is -2.82. The zero-order chi connectivity index (χ0) is 15.4. The molecule has 0 bridgehead atoms. The number of rotatable bonds is 3. The van der Waals surface area contributed by atoms with E-state index in [1.54, 1.807) is 7.05 Å². The van der Waals surface area contributed by atoms with Gasteiger partial charge in [0.15, 0.2) is 5.84 Å². The average Bonchev–Trinajstić information content (AvgIpc) is 2.46. The number of aliphatic imine (C=N–C) groups is 2. The number of hydrogen-bond donors (Lipinski definition) is 3. The van der Waals surface area contributed by atoms with Gasteiger partial charge in [0.1, 0.15) is 11.6 Å². The van der Waals surface area contributed by atoms with Gasteiger partial charge in [-0.3, -0.25) is 0 Å². The Morgan fingerprint density at radius 3 is 2.48 bits per heavy atom. The van der Waals surface area contributed by atoms with Crippen molar-refractivity contribution in [3.63, 3.8) is 0 Å². The molecule has 1 aliphatic rings. The molecule has 0 aromatic heterocycles. The van der Waals surface area contributed by atoms with Crippen LogP contribution in [0.3, 0.4) is 0 Å². The standard InChI is InChI=1S/C16H19N5/c1-10-9-13(12-7-5-4-6-8-12)21-16(20-11(2)17)14(10)15(18)19-3/h4-9,19H,2,17-18H2,1,3H3/b15-14+,20-16+. The molecule has 5 heteroatoms. The van der Waals surface area contributed by atoms with Crippen LogP contribution in [0.2, 0.25) is 0 Å². The Labute approximate surface area is 124 Å². The zero-order valence-electron chi connectivity index (χ0n) is 12.2. The molecule has 1 heterocycles. The summed E-state index contributed by atoms with van der Waals surface area (Å²) in [5.41, 5.74) is 15.1. The topological polar surface area (TPSA) is 88.8 Å². The van der Waals surface area contributed by atoms with Crippen molar-refractivity contribution in [3.05, 3.63) is 71.3 Å². The van der Waals surface area contributed by atoms with E-state index in [1.165, 1.54) is 0 Å². The third-order valence-corrected chi connectivity index (χ3v) is 3.06. The number of nitrogens with zero attached hydrogens (tertiary/aromatic N) is 2. The van der Waals surface area contributed by atoms with Crippen LogP contribution in [0, 0.1) is 0 Å². The van der Waals surface area contributed by atoms with Gasteiger partial charge in [-0.2, -0.15) is 0 Å². The Balaban J connectivity index is 2.59. The molecule has 1 aliphatic heterocycles. The largest absolute Gasteiger partial charge is 0.385 e. The monoisotopic (exact) mass is 281 g/mol. The molecule has 0 aliphatic carbocycles. The smallest absolute Gasteiger partial charge is 0.165 e. The first kappa shape index (κ1) is 14.6. The van der Waals surface area contributed by atoms with Gasteiger partial charge in [-0.25, -0.2) is 9.98 Å². The highest BCUT2D eigenvalue weighted by Gasteiger charge is 2.19. The second kappa shape index (κ2) is 6.09. The van der Waals surface area contributed by atoms with Crippen molar-refractivity contribution < 1.29 is 0 Å². The predicted molar refractivity (Wildman–Crippen MR) is 87.8 cm³/mol. The van der Waals surface area contributed by atoms with E-state index in [4.69, 9.17) is 11.5 Å². The van der Waals surface area contributed by atoms with Crippen molar-refractivity contribution >= 4 is 11.5 Å². The van der Waals surface area contributed by atoms with Gasteiger partial charge in [-0.05, 0) is 18.6 Å². The summed E-state index contributed by atoms with van der Waals surface area (Å²) >= 11 is 0. The minimum atomic E-state index is 0.192. The maximum atomic E-state index is 6.00. The van der Waals surface area contributed by atoms with Crippen molar-refractivity contribution in [2.45, 2.75) is 6.92 Å². The highest BCUT2D eigenvalue weighted by molar-refractivity contribution is 6.22. The number of dihydropyridines is 1. The number of amidine groups is 1. The highest BCUT2D eigenvalue weighted by atomic mass is 15.0. The molecule has 0 saturated heterocycles. The van der Waals surface area contributed by atoms with Gasteiger partial charge >= 0.3 is 0 Å². The van der Waals surface area contributed by atoms with Gasteiger partial charge in [0, 0.05) is 12.6 Å². The summed E-state index contributed by atoms with van der Waals surface area (Å²) in [6.45, 7) is 5.57. The van der Waals surface area contributed by atoms with E-state index in [1.807, 2.05) is 43.3 Å².